The molecule has 0 atom stereocenters. The molecule has 4 N–H and O–H groups in total. The summed E-state index contributed by atoms with van der Waals surface area (Å²) in [5.41, 5.74) is 8.52. The molecule has 2 heterocycles. The SMILES string of the molecule is CCn1cc(NC(=O)NCCCc2nn(-c3ccccc3)c(N)c2C#N)cn1. The number of aromatic nitrogens is 4. The number of benzene rings is 1. The van der Waals surface area contributed by atoms with E-state index >= 15 is 0 Å². The lowest BCUT2D eigenvalue weighted by Gasteiger charge is -2.05. The number of amides is 2. The van der Waals surface area contributed by atoms with Gasteiger partial charge in [0, 0.05) is 19.3 Å². The van der Waals surface area contributed by atoms with Crippen LogP contribution in [0.5, 0.6) is 0 Å². The third-order valence-corrected chi connectivity index (χ3v) is 4.20. The fraction of sp³-hybridized carbons (Fsp3) is 0.263. The lowest BCUT2D eigenvalue weighted by Crippen LogP contribution is -2.29. The van der Waals surface area contributed by atoms with E-state index in [0.717, 1.165) is 12.2 Å². The Hall–Kier alpha value is -3.80. The van der Waals surface area contributed by atoms with Crippen LogP contribution in [0.1, 0.15) is 24.6 Å². The second-order valence-corrected chi connectivity index (χ2v) is 6.14. The van der Waals surface area contributed by atoms with E-state index in [2.05, 4.69) is 26.9 Å². The molecule has 0 saturated carbocycles. The molecule has 3 rings (SSSR count). The first-order chi connectivity index (χ1) is 13.6. The van der Waals surface area contributed by atoms with Gasteiger partial charge in [-0.05, 0) is 31.9 Å². The summed E-state index contributed by atoms with van der Waals surface area (Å²) in [6.45, 7) is 3.15. The summed E-state index contributed by atoms with van der Waals surface area (Å²) in [6, 6.07) is 11.2. The number of para-hydroxylation sites is 1. The Morgan fingerprint density at radius 2 is 2.11 bits per heavy atom. The number of hydrogen-bond acceptors (Lipinski definition) is 5. The van der Waals surface area contributed by atoms with Crippen molar-refractivity contribution < 1.29 is 4.79 Å². The Kier molecular flexibility index (Phi) is 5.91. The summed E-state index contributed by atoms with van der Waals surface area (Å²) in [5.74, 6) is 0.322. The molecule has 2 amide bonds. The van der Waals surface area contributed by atoms with Crippen LogP contribution in [-0.4, -0.2) is 32.1 Å². The molecule has 0 bridgehead atoms. The van der Waals surface area contributed by atoms with Gasteiger partial charge in [-0.1, -0.05) is 18.2 Å². The molecule has 0 fully saturated rings. The smallest absolute Gasteiger partial charge is 0.319 e. The Morgan fingerprint density at radius 3 is 2.79 bits per heavy atom. The molecule has 9 heteroatoms. The minimum atomic E-state index is -0.300. The van der Waals surface area contributed by atoms with Crippen molar-refractivity contribution >= 4 is 17.5 Å². The average molecular weight is 378 g/mol. The molecular formula is C19H22N8O. The molecule has 0 spiro atoms. The van der Waals surface area contributed by atoms with E-state index in [9.17, 15) is 10.1 Å². The van der Waals surface area contributed by atoms with Crippen LogP contribution in [0.3, 0.4) is 0 Å². The summed E-state index contributed by atoms with van der Waals surface area (Å²) in [4.78, 5) is 11.9. The Morgan fingerprint density at radius 1 is 1.32 bits per heavy atom. The van der Waals surface area contributed by atoms with Gasteiger partial charge in [0.1, 0.15) is 17.5 Å². The number of carbonyl (C=O) groups is 1. The van der Waals surface area contributed by atoms with E-state index in [1.165, 1.54) is 0 Å². The fourth-order valence-electron chi connectivity index (χ4n) is 2.78. The number of carbonyl (C=O) groups excluding carboxylic acids is 1. The highest BCUT2D eigenvalue weighted by Gasteiger charge is 2.16. The second-order valence-electron chi connectivity index (χ2n) is 6.14. The maximum Gasteiger partial charge on any atom is 0.319 e. The minimum absolute atomic E-state index is 0.300. The van der Waals surface area contributed by atoms with Crippen molar-refractivity contribution in [1.82, 2.24) is 24.9 Å². The third kappa shape index (κ3) is 4.29. The molecule has 0 aliphatic rings. The van der Waals surface area contributed by atoms with Crippen LogP contribution in [0, 0.1) is 11.3 Å². The van der Waals surface area contributed by atoms with Gasteiger partial charge in [-0.15, -0.1) is 0 Å². The zero-order valence-corrected chi connectivity index (χ0v) is 15.6. The van der Waals surface area contributed by atoms with Crippen LogP contribution in [0.15, 0.2) is 42.7 Å². The number of nitrogens with one attached hydrogen (secondary N) is 2. The predicted molar refractivity (Wildman–Crippen MR) is 106 cm³/mol. The summed E-state index contributed by atoms with van der Waals surface area (Å²) >= 11 is 0. The first kappa shape index (κ1) is 19.0. The van der Waals surface area contributed by atoms with Crippen LogP contribution in [-0.2, 0) is 13.0 Å². The van der Waals surface area contributed by atoms with Gasteiger partial charge in [-0.25, -0.2) is 9.48 Å². The van der Waals surface area contributed by atoms with Gasteiger partial charge in [0.05, 0.1) is 23.3 Å². The monoisotopic (exact) mass is 378 g/mol. The highest BCUT2D eigenvalue weighted by Crippen LogP contribution is 2.21. The van der Waals surface area contributed by atoms with Gasteiger partial charge in [-0.3, -0.25) is 4.68 Å². The number of aryl methyl sites for hydroxylation is 2. The molecule has 3 aromatic rings. The number of rotatable bonds is 7. The lowest BCUT2D eigenvalue weighted by atomic mass is 10.1. The van der Waals surface area contributed by atoms with E-state index in [0.29, 0.717) is 42.1 Å². The first-order valence-electron chi connectivity index (χ1n) is 9.02. The standard InChI is InChI=1S/C19H22N8O/c1-2-26-13-14(12-23-26)24-19(28)22-10-6-9-17-16(11-20)18(21)27(25-17)15-7-4-3-5-8-15/h3-5,7-8,12-13H,2,6,9-10,21H2,1H3,(H2,22,24,28). The maximum absolute atomic E-state index is 11.9. The zero-order chi connectivity index (χ0) is 19.9. The van der Waals surface area contributed by atoms with E-state index < -0.39 is 0 Å². The van der Waals surface area contributed by atoms with Crippen LogP contribution < -0.4 is 16.4 Å². The van der Waals surface area contributed by atoms with Gasteiger partial charge in [0.2, 0.25) is 0 Å². The first-order valence-corrected chi connectivity index (χ1v) is 9.02. The maximum atomic E-state index is 11.9. The molecule has 1 aromatic carbocycles. The normalized spacial score (nSPS) is 10.4. The molecule has 144 valence electrons. The lowest BCUT2D eigenvalue weighted by molar-refractivity contribution is 0.252. The van der Waals surface area contributed by atoms with Crippen molar-refractivity contribution in [2.24, 2.45) is 0 Å². The summed E-state index contributed by atoms with van der Waals surface area (Å²) in [7, 11) is 0. The van der Waals surface area contributed by atoms with E-state index in [-0.39, 0.29) is 6.03 Å². The van der Waals surface area contributed by atoms with Crippen molar-refractivity contribution in [2.75, 3.05) is 17.6 Å². The Bertz CT molecular complexity index is 983. The minimum Gasteiger partial charge on any atom is -0.382 e. The molecule has 9 nitrogen and oxygen atoms in total. The molecule has 0 aliphatic carbocycles. The molecule has 0 aliphatic heterocycles. The molecule has 28 heavy (non-hydrogen) atoms. The largest absolute Gasteiger partial charge is 0.382 e. The molecule has 0 radical (unpaired) electrons. The number of anilines is 2. The predicted octanol–water partition coefficient (Wildman–Crippen LogP) is 2.30. The summed E-state index contributed by atoms with van der Waals surface area (Å²) < 4.78 is 3.30. The number of nitrogen functional groups attached to an aromatic ring is 1. The van der Waals surface area contributed by atoms with Gasteiger partial charge in [0.25, 0.3) is 0 Å². The number of nitrogens with zero attached hydrogens (tertiary/aromatic N) is 5. The fourth-order valence-corrected chi connectivity index (χ4v) is 2.78. The van der Waals surface area contributed by atoms with Crippen LogP contribution >= 0.6 is 0 Å². The molecule has 0 saturated heterocycles. The van der Waals surface area contributed by atoms with Crippen molar-refractivity contribution in [2.45, 2.75) is 26.3 Å². The van der Waals surface area contributed by atoms with Crippen LogP contribution in [0.2, 0.25) is 0 Å². The highest BCUT2D eigenvalue weighted by molar-refractivity contribution is 5.88. The van der Waals surface area contributed by atoms with E-state index in [1.807, 2.05) is 37.3 Å². The summed E-state index contributed by atoms with van der Waals surface area (Å²) in [6.07, 6.45) is 4.52. The number of nitriles is 1. The summed E-state index contributed by atoms with van der Waals surface area (Å²) in [5, 5.41) is 23.5. The zero-order valence-electron chi connectivity index (χ0n) is 15.6. The van der Waals surface area contributed by atoms with Crippen LogP contribution in [0.4, 0.5) is 16.3 Å². The van der Waals surface area contributed by atoms with Crippen molar-refractivity contribution in [3.8, 4) is 11.8 Å². The van der Waals surface area contributed by atoms with E-state index in [1.54, 1.807) is 21.8 Å². The molecule has 0 unspecified atom stereocenters. The number of hydrogen-bond donors (Lipinski definition) is 3. The number of nitrogens with two attached hydrogens (primary N) is 1. The average Bonchev–Trinajstić information content (AvgIpc) is 3.29. The van der Waals surface area contributed by atoms with E-state index in [4.69, 9.17) is 5.73 Å². The van der Waals surface area contributed by atoms with Crippen LogP contribution in [0.25, 0.3) is 5.69 Å². The van der Waals surface area contributed by atoms with Crippen molar-refractivity contribution in [3.63, 3.8) is 0 Å². The van der Waals surface area contributed by atoms with Gasteiger partial charge in [0.15, 0.2) is 0 Å². The molecular weight excluding hydrogens is 356 g/mol. The van der Waals surface area contributed by atoms with Gasteiger partial charge < -0.3 is 16.4 Å². The topological polar surface area (TPSA) is 127 Å². The quantitative estimate of drug-likeness (QED) is 0.544. The van der Waals surface area contributed by atoms with Gasteiger partial charge in [-0.2, -0.15) is 15.5 Å². The highest BCUT2D eigenvalue weighted by atomic mass is 16.2. The Balaban J connectivity index is 1.54. The number of urea groups is 1. The van der Waals surface area contributed by atoms with Crippen molar-refractivity contribution in [3.05, 3.63) is 54.0 Å². The van der Waals surface area contributed by atoms with Crippen molar-refractivity contribution in [1.29, 1.82) is 5.26 Å². The molecule has 2 aromatic heterocycles. The van der Waals surface area contributed by atoms with Gasteiger partial charge >= 0.3 is 6.03 Å². The second kappa shape index (κ2) is 8.73. The Labute approximate surface area is 162 Å². The third-order valence-electron chi connectivity index (χ3n) is 4.20.